The van der Waals surface area contributed by atoms with Gasteiger partial charge in [-0.25, -0.2) is 9.36 Å². The zero-order valence-corrected chi connectivity index (χ0v) is 13.8. The summed E-state index contributed by atoms with van der Waals surface area (Å²) in [5, 5.41) is 11.3. The van der Waals surface area contributed by atoms with E-state index in [-0.39, 0.29) is 11.8 Å². The summed E-state index contributed by atoms with van der Waals surface area (Å²) in [5.41, 5.74) is 1.39. The van der Waals surface area contributed by atoms with E-state index in [0.29, 0.717) is 21.4 Å². The van der Waals surface area contributed by atoms with Gasteiger partial charge in [-0.1, -0.05) is 60.5 Å². The van der Waals surface area contributed by atoms with E-state index in [4.69, 9.17) is 23.2 Å². The van der Waals surface area contributed by atoms with Crippen LogP contribution in [0, 0.1) is 0 Å². The number of benzene rings is 2. The van der Waals surface area contributed by atoms with Crippen LogP contribution in [-0.4, -0.2) is 14.7 Å². The number of hydrogen-bond donors (Lipinski definition) is 2. The maximum atomic E-state index is 12.3. The zero-order chi connectivity index (χ0) is 16.6. The van der Waals surface area contributed by atoms with Gasteiger partial charge in [-0.05, 0) is 23.8 Å². The number of nitrogens with one attached hydrogen (secondary N) is 1. The highest BCUT2D eigenvalue weighted by Crippen LogP contribution is 2.31. The number of H-pyrrole nitrogens is 1. The third-order valence-corrected chi connectivity index (χ3v) is 4.17. The van der Waals surface area contributed by atoms with Crippen molar-refractivity contribution in [1.82, 2.24) is 9.55 Å². The molecule has 0 saturated carbocycles. The molecule has 2 aromatic carbocycles. The molecule has 6 heteroatoms. The lowest BCUT2D eigenvalue weighted by atomic mass is 9.98. The highest BCUT2D eigenvalue weighted by molar-refractivity contribution is 6.34. The number of hydrogen-bond acceptors (Lipinski definition) is 2. The molecule has 0 aliphatic heterocycles. The maximum Gasteiger partial charge on any atom is 0.333 e. The summed E-state index contributed by atoms with van der Waals surface area (Å²) in [4.78, 5) is 15.0. The van der Waals surface area contributed by atoms with Crippen LogP contribution in [0.2, 0.25) is 10.0 Å². The van der Waals surface area contributed by atoms with Crippen LogP contribution in [0.5, 0.6) is 5.88 Å². The largest absolute Gasteiger partial charge is 0.493 e. The monoisotopic (exact) mass is 348 g/mol. The highest BCUT2D eigenvalue weighted by Gasteiger charge is 2.21. The molecule has 118 valence electrons. The summed E-state index contributed by atoms with van der Waals surface area (Å²) >= 11 is 12.0. The summed E-state index contributed by atoms with van der Waals surface area (Å²) < 4.78 is 1.16. The van der Waals surface area contributed by atoms with E-state index in [1.807, 2.05) is 37.3 Å². The normalized spacial score (nSPS) is 12.3. The van der Waals surface area contributed by atoms with E-state index >= 15 is 0 Å². The molecular weight excluding hydrogens is 335 g/mol. The second-order valence-corrected chi connectivity index (χ2v) is 6.14. The second kappa shape index (κ2) is 6.14. The van der Waals surface area contributed by atoms with Crippen molar-refractivity contribution in [3.63, 3.8) is 0 Å². The summed E-state index contributed by atoms with van der Waals surface area (Å²) in [5.74, 6) is -0.315. The summed E-state index contributed by atoms with van der Waals surface area (Å²) in [6, 6.07) is 14.3. The van der Waals surface area contributed by atoms with Crippen LogP contribution in [0.15, 0.2) is 53.3 Å². The maximum absolute atomic E-state index is 12.3. The number of imidazole rings is 1. The molecule has 1 atom stereocenters. The average Bonchev–Trinajstić information content (AvgIpc) is 2.81. The number of rotatable bonds is 3. The fourth-order valence-electron chi connectivity index (χ4n) is 2.56. The first-order valence-electron chi connectivity index (χ1n) is 7.02. The molecule has 0 bridgehead atoms. The van der Waals surface area contributed by atoms with Gasteiger partial charge in [-0.2, -0.15) is 0 Å². The fraction of sp³-hybridized carbons (Fsp3) is 0.118. The van der Waals surface area contributed by atoms with Gasteiger partial charge < -0.3 is 10.1 Å². The molecule has 4 nitrogen and oxygen atoms in total. The quantitative estimate of drug-likeness (QED) is 0.739. The van der Waals surface area contributed by atoms with Gasteiger partial charge in [0.1, 0.15) is 0 Å². The molecule has 0 fully saturated rings. The van der Waals surface area contributed by atoms with Crippen molar-refractivity contribution in [2.24, 2.45) is 0 Å². The van der Waals surface area contributed by atoms with Crippen molar-refractivity contribution in [1.29, 1.82) is 0 Å². The molecule has 0 aliphatic rings. The number of halogens is 2. The summed E-state index contributed by atoms with van der Waals surface area (Å²) in [6.45, 7) is 1.91. The van der Waals surface area contributed by atoms with Crippen LogP contribution < -0.4 is 5.69 Å². The minimum absolute atomic E-state index is 0.148. The molecular formula is C17H14Cl2N2O2. The minimum Gasteiger partial charge on any atom is -0.493 e. The zero-order valence-electron chi connectivity index (χ0n) is 12.3. The molecule has 2 N–H and O–H groups in total. The first kappa shape index (κ1) is 15.7. The molecule has 23 heavy (non-hydrogen) atoms. The predicted octanol–water partition coefficient (Wildman–Crippen LogP) is 4.33. The van der Waals surface area contributed by atoms with E-state index in [2.05, 4.69) is 4.98 Å². The van der Waals surface area contributed by atoms with Gasteiger partial charge in [0.05, 0.1) is 11.4 Å². The first-order chi connectivity index (χ1) is 11.0. The lowest BCUT2D eigenvalue weighted by Gasteiger charge is -2.11. The van der Waals surface area contributed by atoms with Gasteiger partial charge in [0.25, 0.3) is 0 Å². The second-order valence-electron chi connectivity index (χ2n) is 5.26. The van der Waals surface area contributed by atoms with Crippen molar-refractivity contribution in [2.75, 3.05) is 0 Å². The van der Waals surface area contributed by atoms with E-state index in [0.717, 1.165) is 10.1 Å². The summed E-state index contributed by atoms with van der Waals surface area (Å²) in [7, 11) is 0. The van der Waals surface area contributed by atoms with Gasteiger partial charge in [0.2, 0.25) is 5.88 Å². The van der Waals surface area contributed by atoms with Gasteiger partial charge in [-0.3, -0.25) is 0 Å². The Morgan fingerprint density at radius 2 is 1.70 bits per heavy atom. The fourth-order valence-corrected chi connectivity index (χ4v) is 3.08. The molecule has 0 aliphatic carbocycles. The van der Waals surface area contributed by atoms with E-state index in [1.54, 1.807) is 18.2 Å². The Morgan fingerprint density at radius 1 is 1.09 bits per heavy atom. The molecule has 3 aromatic rings. The van der Waals surface area contributed by atoms with E-state index in [9.17, 15) is 9.90 Å². The molecule has 0 unspecified atom stereocenters. The SMILES string of the molecule is C[C@@H](c1ccccc1)c1[nH]c(=O)n(-c2cc(Cl)cc(Cl)c2)c1O. The molecule has 0 saturated heterocycles. The van der Waals surface area contributed by atoms with Crippen LogP contribution in [0.4, 0.5) is 0 Å². The van der Waals surface area contributed by atoms with Gasteiger partial charge in [-0.15, -0.1) is 0 Å². The number of aromatic amines is 1. The number of aromatic nitrogens is 2. The minimum atomic E-state index is -0.446. The van der Waals surface area contributed by atoms with Crippen LogP contribution in [0.1, 0.15) is 24.1 Å². The number of aromatic hydroxyl groups is 1. The Labute approximate surface area is 142 Å². The average molecular weight is 349 g/mol. The molecule has 0 amide bonds. The van der Waals surface area contributed by atoms with Crippen LogP contribution >= 0.6 is 23.2 Å². The molecule has 3 rings (SSSR count). The van der Waals surface area contributed by atoms with Crippen molar-refractivity contribution in [3.8, 4) is 11.6 Å². The van der Waals surface area contributed by atoms with Gasteiger partial charge >= 0.3 is 5.69 Å². The third kappa shape index (κ3) is 3.00. The Bertz CT molecular complexity index is 880. The molecule has 1 heterocycles. The van der Waals surface area contributed by atoms with E-state index < -0.39 is 5.69 Å². The van der Waals surface area contributed by atoms with Gasteiger partial charge in [0, 0.05) is 16.0 Å². The molecule has 0 spiro atoms. The Balaban J connectivity index is 2.12. The standard InChI is InChI=1S/C17H14Cl2N2O2/c1-10(11-5-3-2-4-6-11)15-16(22)21(17(23)20-15)14-8-12(18)7-13(19)9-14/h2-10,22H,1H3,(H,20,23)/t10-/m0/s1. The highest BCUT2D eigenvalue weighted by atomic mass is 35.5. The smallest absolute Gasteiger partial charge is 0.333 e. The van der Waals surface area contributed by atoms with Crippen molar-refractivity contribution >= 4 is 23.2 Å². The summed E-state index contributed by atoms with van der Waals surface area (Å²) in [6.07, 6.45) is 0. The van der Waals surface area contributed by atoms with Crippen LogP contribution in [0.3, 0.4) is 0 Å². The Hall–Kier alpha value is -2.17. The van der Waals surface area contributed by atoms with Crippen LogP contribution in [0.25, 0.3) is 5.69 Å². The number of nitrogens with zero attached hydrogens (tertiary/aromatic N) is 1. The van der Waals surface area contributed by atoms with Gasteiger partial charge in [0.15, 0.2) is 0 Å². The predicted molar refractivity (Wildman–Crippen MR) is 92.0 cm³/mol. The van der Waals surface area contributed by atoms with Crippen molar-refractivity contribution in [2.45, 2.75) is 12.8 Å². The van der Waals surface area contributed by atoms with E-state index in [1.165, 1.54) is 0 Å². The van der Waals surface area contributed by atoms with Crippen LogP contribution in [-0.2, 0) is 0 Å². The molecule has 1 aromatic heterocycles. The third-order valence-electron chi connectivity index (χ3n) is 3.74. The van der Waals surface area contributed by atoms with Crippen molar-refractivity contribution < 1.29 is 5.11 Å². The lowest BCUT2D eigenvalue weighted by Crippen LogP contribution is -2.14. The molecule has 0 radical (unpaired) electrons. The van der Waals surface area contributed by atoms with Crippen molar-refractivity contribution in [3.05, 3.63) is 80.3 Å². The Morgan fingerprint density at radius 3 is 2.30 bits per heavy atom. The lowest BCUT2D eigenvalue weighted by molar-refractivity contribution is 0.432. The first-order valence-corrected chi connectivity index (χ1v) is 7.78. The topological polar surface area (TPSA) is 58.0 Å². The Kier molecular flexibility index (Phi) is 4.20.